The Kier molecular flexibility index (Phi) is 6.84. The zero-order chi connectivity index (χ0) is 21.0. The van der Waals surface area contributed by atoms with Crippen LogP contribution in [-0.2, 0) is 9.53 Å². The highest BCUT2D eigenvalue weighted by atomic mass is 32.1. The van der Waals surface area contributed by atoms with Crippen molar-refractivity contribution in [2.45, 2.75) is 25.8 Å². The van der Waals surface area contributed by atoms with Crippen LogP contribution in [0.25, 0.3) is 0 Å². The number of amides is 1. The van der Waals surface area contributed by atoms with Crippen LogP contribution < -0.4 is 0 Å². The fraction of sp³-hybridized carbons (Fsp3) is 0.364. The van der Waals surface area contributed by atoms with Crippen molar-refractivity contribution in [1.29, 1.82) is 0 Å². The second-order valence-corrected chi connectivity index (χ2v) is 8.07. The number of hydrogen-bond donors (Lipinski definition) is 2. The summed E-state index contributed by atoms with van der Waals surface area (Å²) in [6, 6.07) is 10.5. The second kappa shape index (κ2) is 9.35. The van der Waals surface area contributed by atoms with Gasteiger partial charge in [-0.15, -0.1) is 11.3 Å². The lowest BCUT2D eigenvalue weighted by Gasteiger charge is -2.27. The molecule has 1 aromatic carbocycles. The topological polar surface area (TPSA) is 87.1 Å². The lowest BCUT2D eigenvalue weighted by molar-refractivity contribution is -0.130. The van der Waals surface area contributed by atoms with Gasteiger partial charge in [0.25, 0.3) is 5.91 Å². The number of carbonyl (C=O) groups is 2. The molecular weight excluding hydrogens is 390 g/mol. The smallest absolute Gasteiger partial charge is 0.290 e. The van der Waals surface area contributed by atoms with Gasteiger partial charge < -0.3 is 19.8 Å². The van der Waals surface area contributed by atoms with E-state index in [4.69, 9.17) is 9.84 Å². The van der Waals surface area contributed by atoms with E-state index in [0.29, 0.717) is 10.8 Å². The molecule has 1 amide bonds. The van der Waals surface area contributed by atoms with Crippen LogP contribution in [0.15, 0.2) is 53.1 Å². The zero-order valence-corrected chi connectivity index (χ0v) is 17.3. The van der Waals surface area contributed by atoms with Crippen LogP contribution in [-0.4, -0.2) is 53.2 Å². The fourth-order valence-electron chi connectivity index (χ4n) is 3.40. The Morgan fingerprint density at radius 1 is 1.21 bits per heavy atom. The zero-order valence-electron chi connectivity index (χ0n) is 16.5. The second-order valence-electron chi connectivity index (χ2n) is 7.13. The average molecular weight is 416 g/mol. The standard InChI is InChI=1S/C22H25NO5S/c1-14(2)15-5-7-16(8-6-15)19-18(20(25)17-4-3-13-29-17)21(26)22(27)23(19)9-11-28-12-10-24/h3-8,13-14,19,24,26H,9-12H2,1-2H3/t19-/m0/s1. The first-order valence-corrected chi connectivity index (χ1v) is 10.4. The molecule has 3 rings (SSSR count). The molecule has 2 heterocycles. The number of carbonyl (C=O) groups excluding carboxylic acids is 2. The third-order valence-electron chi connectivity index (χ3n) is 4.92. The minimum absolute atomic E-state index is 0.0944. The molecule has 1 aliphatic heterocycles. The Hall–Kier alpha value is -2.48. The van der Waals surface area contributed by atoms with E-state index in [1.54, 1.807) is 17.5 Å². The summed E-state index contributed by atoms with van der Waals surface area (Å²) in [5.41, 5.74) is 2.00. The monoisotopic (exact) mass is 415 g/mol. The quantitative estimate of drug-likeness (QED) is 0.484. The summed E-state index contributed by atoms with van der Waals surface area (Å²) < 4.78 is 5.30. The molecule has 0 radical (unpaired) electrons. The molecule has 0 saturated carbocycles. The maximum absolute atomic E-state index is 13.1. The van der Waals surface area contributed by atoms with E-state index in [1.165, 1.54) is 16.2 Å². The SMILES string of the molecule is CC(C)c1ccc([C@H]2C(C(=O)c3cccs3)=C(O)C(=O)N2CCOCCO)cc1. The predicted molar refractivity (Wildman–Crippen MR) is 111 cm³/mol. The number of aliphatic hydroxyl groups is 2. The van der Waals surface area contributed by atoms with E-state index in [0.717, 1.165) is 11.1 Å². The summed E-state index contributed by atoms with van der Waals surface area (Å²) in [6.07, 6.45) is 0. The molecule has 0 unspecified atom stereocenters. The van der Waals surface area contributed by atoms with Gasteiger partial charge in [-0.05, 0) is 28.5 Å². The fourth-order valence-corrected chi connectivity index (χ4v) is 4.07. The minimum atomic E-state index is -0.684. The van der Waals surface area contributed by atoms with Gasteiger partial charge in [0.05, 0.1) is 36.3 Å². The number of aliphatic hydroxyl groups excluding tert-OH is 2. The van der Waals surface area contributed by atoms with Crippen LogP contribution in [0.3, 0.4) is 0 Å². The van der Waals surface area contributed by atoms with Crippen LogP contribution in [0.2, 0.25) is 0 Å². The highest BCUT2D eigenvalue weighted by molar-refractivity contribution is 7.12. The van der Waals surface area contributed by atoms with Crippen molar-refractivity contribution in [3.63, 3.8) is 0 Å². The minimum Gasteiger partial charge on any atom is -0.503 e. The van der Waals surface area contributed by atoms with Crippen molar-refractivity contribution in [3.05, 3.63) is 69.1 Å². The number of ketones is 1. The first-order chi connectivity index (χ1) is 14.0. The molecule has 7 heteroatoms. The maximum atomic E-state index is 13.1. The number of Topliss-reactive ketones (excluding diaryl/α,β-unsaturated/α-hetero) is 1. The van der Waals surface area contributed by atoms with Crippen molar-refractivity contribution >= 4 is 23.0 Å². The molecule has 1 atom stereocenters. The predicted octanol–water partition coefficient (Wildman–Crippen LogP) is 3.46. The van der Waals surface area contributed by atoms with Crippen LogP contribution in [0, 0.1) is 0 Å². The van der Waals surface area contributed by atoms with Crippen molar-refractivity contribution < 1.29 is 24.5 Å². The first-order valence-electron chi connectivity index (χ1n) is 9.56. The lowest BCUT2D eigenvalue weighted by Crippen LogP contribution is -2.34. The summed E-state index contributed by atoms with van der Waals surface area (Å²) in [7, 11) is 0. The Morgan fingerprint density at radius 3 is 2.52 bits per heavy atom. The molecule has 0 bridgehead atoms. The summed E-state index contributed by atoms with van der Waals surface area (Å²) in [5.74, 6) is -1.09. The van der Waals surface area contributed by atoms with E-state index in [-0.39, 0.29) is 37.7 Å². The van der Waals surface area contributed by atoms with Crippen LogP contribution in [0.1, 0.15) is 46.6 Å². The lowest BCUT2D eigenvalue weighted by atomic mass is 9.93. The molecule has 0 fully saturated rings. The molecular formula is C22H25NO5S. The number of hydrogen-bond acceptors (Lipinski definition) is 6. The van der Waals surface area contributed by atoms with Gasteiger partial charge in [0.15, 0.2) is 5.76 Å². The van der Waals surface area contributed by atoms with E-state index in [1.807, 2.05) is 24.3 Å². The summed E-state index contributed by atoms with van der Waals surface area (Å²) >= 11 is 1.27. The molecule has 0 spiro atoms. The molecule has 6 nitrogen and oxygen atoms in total. The van der Waals surface area contributed by atoms with Gasteiger partial charge in [0, 0.05) is 6.54 Å². The maximum Gasteiger partial charge on any atom is 0.290 e. The summed E-state index contributed by atoms with van der Waals surface area (Å²) in [5, 5.41) is 21.2. The van der Waals surface area contributed by atoms with E-state index < -0.39 is 17.7 Å². The van der Waals surface area contributed by atoms with Crippen LogP contribution in [0.4, 0.5) is 0 Å². The molecule has 2 aromatic rings. The molecule has 1 aliphatic rings. The van der Waals surface area contributed by atoms with Crippen molar-refractivity contribution in [2.75, 3.05) is 26.4 Å². The highest BCUT2D eigenvalue weighted by Crippen LogP contribution is 2.39. The van der Waals surface area contributed by atoms with E-state index >= 15 is 0 Å². The van der Waals surface area contributed by atoms with Crippen molar-refractivity contribution in [3.8, 4) is 0 Å². The van der Waals surface area contributed by atoms with E-state index in [2.05, 4.69) is 13.8 Å². The average Bonchev–Trinajstić information content (AvgIpc) is 3.33. The van der Waals surface area contributed by atoms with Gasteiger partial charge >= 0.3 is 0 Å². The van der Waals surface area contributed by atoms with Gasteiger partial charge in [-0.3, -0.25) is 9.59 Å². The van der Waals surface area contributed by atoms with Gasteiger partial charge in [-0.2, -0.15) is 0 Å². The number of thiophene rings is 1. The highest BCUT2D eigenvalue weighted by Gasteiger charge is 2.43. The van der Waals surface area contributed by atoms with Crippen LogP contribution >= 0.6 is 11.3 Å². The third kappa shape index (κ3) is 4.42. The Bertz CT molecular complexity index is 886. The molecule has 29 heavy (non-hydrogen) atoms. The van der Waals surface area contributed by atoms with Gasteiger partial charge in [-0.1, -0.05) is 44.2 Å². The van der Waals surface area contributed by atoms with Gasteiger partial charge in [0.1, 0.15) is 0 Å². The summed E-state index contributed by atoms with van der Waals surface area (Å²) in [6.45, 7) is 4.63. The number of nitrogens with zero attached hydrogens (tertiary/aromatic N) is 1. The molecule has 1 aromatic heterocycles. The molecule has 154 valence electrons. The number of ether oxygens (including phenoxy) is 1. The van der Waals surface area contributed by atoms with Crippen molar-refractivity contribution in [2.24, 2.45) is 0 Å². The first kappa shape index (κ1) is 21.2. The van der Waals surface area contributed by atoms with Crippen LogP contribution in [0.5, 0.6) is 0 Å². The van der Waals surface area contributed by atoms with Crippen molar-refractivity contribution in [1.82, 2.24) is 4.90 Å². The van der Waals surface area contributed by atoms with Gasteiger partial charge in [-0.25, -0.2) is 0 Å². The van der Waals surface area contributed by atoms with Gasteiger partial charge in [0.2, 0.25) is 5.78 Å². The number of benzene rings is 1. The Morgan fingerprint density at radius 2 is 1.93 bits per heavy atom. The largest absolute Gasteiger partial charge is 0.503 e. The van der Waals surface area contributed by atoms with E-state index in [9.17, 15) is 14.7 Å². The Labute approximate surface area is 174 Å². The molecule has 0 saturated heterocycles. The summed E-state index contributed by atoms with van der Waals surface area (Å²) in [4.78, 5) is 27.8. The number of rotatable bonds is 9. The normalized spacial score (nSPS) is 16.9. The Balaban J connectivity index is 1.97. The third-order valence-corrected chi connectivity index (χ3v) is 5.79. The molecule has 0 aliphatic carbocycles. The molecule has 2 N–H and O–H groups in total.